The Balaban J connectivity index is 0.00000196. The molecule has 3 N–H and O–H groups in total. The third-order valence-electron chi connectivity index (χ3n) is 4.86. The fourth-order valence-corrected chi connectivity index (χ4v) is 4.31. The summed E-state index contributed by atoms with van der Waals surface area (Å²) < 4.78 is 5.47. The highest BCUT2D eigenvalue weighted by molar-refractivity contribution is 7.13. The number of thiazole rings is 1. The van der Waals surface area contributed by atoms with Crippen LogP contribution in [0.25, 0.3) is 10.6 Å². The minimum atomic E-state index is 0. The van der Waals surface area contributed by atoms with E-state index in [1.54, 1.807) is 11.3 Å². The van der Waals surface area contributed by atoms with Crippen molar-refractivity contribution in [1.82, 2.24) is 10.3 Å². The molecule has 0 saturated heterocycles. The number of nitrogens with zero attached hydrogens (tertiary/aromatic N) is 1. The van der Waals surface area contributed by atoms with Gasteiger partial charge in [0.2, 0.25) is 5.91 Å². The van der Waals surface area contributed by atoms with Gasteiger partial charge in [-0.1, -0.05) is 12.8 Å². The molecule has 156 valence electrons. The first-order valence-corrected chi connectivity index (χ1v) is 10.2. The lowest BCUT2D eigenvalue weighted by atomic mass is 9.84. The molecule has 1 aromatic heterocycles. The summed E-state index contributed by atoms with van der Waals surface area (Å²) in [7, 11) is 0. The van der Waals surface area contributed by atoms with E-state index in [4.69, 9.17) is 10.5 Å². The first kappa shape index (κ1) is 24.7. The van der Waals surface area contributed by atoms with Crippen LogP contribution in [-0.4, -0.2) is 30.1 Å². The molecule has 1 amide bonds. The predicted octanol–water partition coefficient (Wildman–Crippen LogP) is 4.23. The highest BCUT2D eigenvalue weighted by atomic mass is 35.5. The van der Waals surface area contributed by atoms with Crippen LogP contribution >= 0.6 is 36.2 Å². The fraction of sp³-hybridized carbons (Fsp3) is 0.500. The number of hydrogen-bond acceptors (Lipinski definition) is 5. The Morgan fingerprint density at radius 2 is 1.96 bits per heavy atom. The lowest BCUT2D eigenvalue weighted by Crippen LogP contribution is -2.45. The number of rotatable bonds is 7. The van der Waals surface area contributed by atoms with Gasteiger partial charge in [-0.05, 0) is 56.5 Å². The molecule has 1 aliphatic carbocycles. The van der Waals surface area contributed by atoms with Crippen LogP contribution in [0, 0.1) is 5.92 Å². The molecule has 0 bridgehead atoms. The summed E-state index contributed by atoms with van der Waals surface area (Å²) in [5.41, 5.74) is 7.71. The molecule has 1 saturated carbocycles. The van der Waals surface area contributed by atoms with Gasteiger partial charge >= 0.3 is 0 Å². The second-order valence-electron chi connectivity index (χ2n) is 6.73. The number of nitrogens with two attached hydrogens (primary N) is 1. The van der Waals surface area contributed by atoms with Crippen molar-refractivity contribution in [3.63, 3.8) is 0 Å². The Bertz CT molecular complexity index is 724. The van der Waals surface area contributed by atoms with E-state index in [0.717, 1.165) is 34.9 Å². The first-order valence-electron chi connectivity index (χ1n) is 9.36. The largest absolute Gasteiger partial charge is 0.494 e. The Morgan fingerprint density at radius 3 is 2.64 bits per heavy atom. The molecule has 0 radical (unpaired) electrons. The maximum absolute atomic E-state index is 12.4. The summed E-state index contributed by atoms with van der Waals surface area (Å²) in [6, 6.07) is 8.11. The van der Waals surface area contributed by atoms with Gasteiger partial charge in [0.1, 0.15) is 10.8 Å². The lowest BCUT2D eigenvalue weighted by Gasteiger charge is -2.31. The van der Waals surface area contributed by atoms with E-state index in [1.165, 1.54) is 12.8 Å². The molecular weight excluding hydrogens is 417 g/mol. The SMILES string of the molecule is CCOc1ccc(-c2nc(CC(=O)NC3CCCCC3CN)cs2)cc1.Cl.Cl. The van der Waals surface area contributed by atoms with Crippen LogP contribution < -0.4 is 15.8 Å². The first-order chi connectivity index (χ1) is 12.7. The molecule has 28 heavy (non-hydrogen) atoms. The maximum atomic E-state index is 12.4. The second kappa shape index (κ2) is 12.3. The Kier molecular flexibility index (Phi) is 10.8. The molecule has 3 rings (SSSR count). The topological polar surface area (TPSA) is 77.2 Å². The summed E-state index contributed by atoms with van der Waals surface area (Å²) in [5.74, 6) is 1.30. The number of amides is 1. The zero-order chi connectivity index (χ0) is 18.4. The normalized spacial score (nSPS) is 18.5. The van der Waals surface area contributed by atoms with Gasteiger partial charge in [-0.3, -0.25) is 4.79 Å². The summed E-state index contributed by atoms with van der Waals surface area (Å²) in [4.78, 5) is 17.0. The number of aromatic nitrogens is 1. The van der Waals surface area contributed by atoms with Crippen LogP contribution in [0.3, 0.4) is 0 Å². The Hall–Kier alpha value is -1.34. The molecule has 1 heterocycles. The number of benzene rings is 1. The van der Waals surface area contributed by atoms with E-state index in [0.29, 0.717) is 25.5 Å². The van der Waals surface area contributed by atoms with Gasteiger partial charge in [0, 0.05) is 17.0 Å². The van der Waals surface area contributed by atoms with Crippen molar-refractivity contribution in [2.45, 2.75) is 45.1 Å². The zero-order valence-corrected chi connectivity index (χ0v) is 18.5. The molecule has 0 spiro atoms. The molecule has 1 aliphatic rings. The van der Waals surface area contributed by atoms with Crippen LogP contribution in [0.5, 0.6) is 5.75 Å². The van der Waals surface area contributed by atoms with E-state index in [-0.39, 0.29) is 36.8 Å². The molecule has 1 fully saturated rings. The quantitative estimate of drug-likeness (QED) is 0.668. The highest BCUT2D eigenvalue weighted by Crippen LogP contribution is 2.26. The van der Waals surface area contributed by atoms with E-state index in [1.807, 2.05) is 36.6 Å². The molecule has 1 aromatic carbocycles. The van der Waals surface area contributed by atoms with Gasteiger partial charge in [0.25, 0.3) is 0 Å². The lowest BCUT2D eigenvalue weighted by molar-refractivity contribution is -0.121. The maximum Gasteiger partial charge on any atom is 0.226 e. The number of carbonyl (C=O) groups excluding carboxylic acids is 1. The van der Waals surface area contributed by atoms with Crippen LogP contribution in [0.4, 0.5) is 0 Å². The summed E-state index contributed by atoms with van der Waals surface area (Å²) >= 11 is 1.56. The van der Waals surface area contributed by atoms with Crippen molar-refractivity contribution in [2.75, 3.05) is 13.2 Å². The standard InChI is InChI=1S/C20H27N3O2S.2ClH/c1-2-25-17-9-7-14(8-10-17)20-22-16(13-26-20)11-19(24)23-18-6-4-3-5-15(18)12-21;;/h7-10,13,15,18H,2-6,11-12,21H2,1H3,(H,23,24);2*1H. The average Bonchev–Trinajstić information content (AvgIpc) is 3.11. The molecular formula is C20H29Cl2N3O2S. The predicted molar refractivity (Wildman–Crippen MR) is 120 cm³/mol. The molecule has 2 aromatic rings. The number of carbonyl (C=O) groups is 1. The minimum absolute atomic E-state index is 0. The van der Waals surface area contributed by atoms with Gasteiger partial charge in [0.05, 0.1) is 18.7 Å². The Labute approximate surface area is 183 Å². The van der Waals surface area contributed by atoms with Crippen LogP contribution in [-0.2, 0) is 11.2 Å². The molecule has 2 atom stereocenters. The van der Waals surface area contributed by atoms with E-state index >= 15 is 0 Å². The zero-order valence-electron chi connectivity index (χ0n) is 16.1. The third-order valence-corrected chi connectivity index (χ3v) is 5.80. The van der Waals surface area contributed by atoms with Crippen molar-refractivity contribution >= 4 is 42.1 Å². The van der Waals surface area contributed by atoms with E-state index in [9.17, 15) is 4.79 Å². The van der Waals surface area contributed by atoms with E-state index < -0.39 is 0 Å². The highest BCUT2D eigenvalue weighted by Gasteiger charge is 2.25. The van der Waals surface area contributed by atoms with Crippen LogP contribution in [0.2, 0.25) is 0 Å². The van der Waals surface area contributed by atoms with Gasteiger partial charge in [0.15, 0.2) is 0 Å². The second-order valence-corrected chi connectivity index (χ2v) is 7.59. The van der Waals surface area contributed by atoms with Gasteiger partial charge < -0.3 is 15.8 Å². The fourth-order valence-electron chi connectivity index (χ4n) is 3.48. The molecule has 0 aliphatic heterocycles. The average molecular weight is 446 g/mol. The van der Waals surface area contributed by atoms with Gasteiger partial charge in [-0.15, -0.1) is 36.2 Å². The number of hydrogen-bond donors (Lipinski definition) is 2. The molecule has 5 nitrogen and oxygen atoms in total. The Morgan fingerprint density at radius 1 is 1.25 bits per heavy atom. The smallest absolute Gasteiger partial charge is 0.226 e. The minimum Gasteiger partial charge on any atom is -0.494 e. The van der Waals surface area contributed by atoms with Crippen molar-refractivity contribution in [1.29, 1.82) is 0 Å². The monoisotopic (exact) mass is 445 g/mol. The van der Waals surface area contributed by atoms with Gasteiger partial charge in [-0.2, -0.15) is 0 Å². The van der Waals surface area contributed by atoms with Gasteiger partial charge in [-0.25, -0.2) is 4.98 Å². The summed E-state index contributed by atoms with van der Waals surface area (Å²) in [6.45, 7) is 3.26. The summed E-state index contributed by atoms with van der Waals surface area (Å²) in [5, 5.41) is 6.06. The molecule has 2 unspecified atom stereocenters. The number of halogens is 2. The number of ether oxygens (including phenoxy) is 1. The van der Waals surface area contributed by atoms with Crippen molar-refractivity contribution in [2.24, 2.45) is 11.7 Å². The third kappa shape index (κ3) is 6.62. The molecule has 8 heteroatoms. The number of nitrogens with one attached hydrogen (secondary N) is 1. The van der Waals surface area contributed by atoms with Crippen molar-refractivity contribution in [3.05, 3.63) is 35.3 Å². The van der Waals surface area contributed by atoms with Crippen LogP contribution in [0.15, 0.2) is 29.6 Å². The van der Waals surface area contributed by atoms with E-state index in [2.05, 4.69) is 10.3 Å². The van der Waals surface area contributed by atoms with Crippen molar-refractivity contribution < 1.29 is 9.53 Å². The van der Waals surface area contributed by atoms with Crippen LogP contribution in [0.1, 0.15) is 38.3 Å². The summed E-state index contributed by atoms with van der Waals surface area (Å²) in [6.07, 6.45) is 4.84. The van der Waals surface area contributed by atoms with Crippen molar-refractivity contribution in [3.8, 4) is 16.3 Å².